The Labute approximate surface area is 131 Å². The number of hydrogen-bond donors (Lipinski definition) is 0. The highest BCUT2D eigenvalue weighted by molar-refractivity contribution is 6.55. The average molecular weight is 337 g/mol. The summed E-state index contributed by atoms with van der Waals surface area (Å²) in [5.74, 6) is -0.517. The van der Waals surface area contributed by atoms with Gasteiger partial charge < -0.3 is 4.74 Å². The summed E-state index contributed by atoms with van der Waals surface area (Å²) in [5.41, 5.74) is 0.429. The van der Waals surface area contributed by atoms with E-state index in [0.717, 1.165) is 0 Å². The maximum absolute atomic E-state index is 12.3. The number of fused-ring (bicyclic) bond motifs is 1. The van der Waals surface area contributed by atoms with Gasteiger partial charge in [-0.3, -0.25) is 14.5 Å². The molecule has 0 bridgehead atoms. The molecule has 20 heavy (non-hydrogen) atoms. The van der Waals surface area contributed by atoms with E-state index < -0.39 is 21.8 Å². The molecular formula is C13H12Cl3NO3. The van der Waals surface area contributed by atoms with Crippen molar-refractivity contribution in [2.24, 2.45) is 0 Å². The Morgan fingerprint density at radius 1 is 1.35 bits per heavy atom. The largest absolute Gasteiger partial charge is 0.477 e. The highest BCUT2D eigenvalue weighted by atomic mass is 35.5. The molecule has 0 saturated heterocycles. The zero-order valence-electron chi connectivity index (χ0n) is 10.8. The van der Waals surface area contributed by atoms with Crippen molar-refractivity contribution in [1.29, 1.82) is 0 Å². The highest BCUT2D eigenvalue weighted by Gasteiger charge is 2.50. The lowest BCUT2D eigenvalue weighted by atomic mass is 10.0. The van der Waals surface area contributed by atoms with E-state index in [0.29, 0.717) is 11.4 Å². The fraction of sp³-hybridized carbons (Fsp3) is 0.385. The number of carbonyl (C=O) groups excluding carboxylic acids is 2. The van der Waals surface area contributed by atoms with Crippen molar-refractivity contribution in [2.75, 3.05) is 4.90 Å². The van der Waals surface area contributed by atoms with Gasteiger partial charge in [0.15, 0.2) is 21.7 Å². The van der Waals surface area contributed by atoms with E-state index in [1.807, 2.05) is 0 Å². The number of anilines is 1. The minimum absolute atomic E-state index is 0.296. The summed E-state index contributed by atoms with van der Waals surface area (Å²) in [6, 6.07) is 6.75. The second-order valence-electron chi connectivity index (χ2n) is 4.57. The van der Waals surface area contributed by atoms with E-state index >= 15 is 0 Å². The average Bonchev–Trinajstić information content (AvgIpc) is 2.36. The summed E-state index contributed by atoms with van der Waals surface area (Å²) in [4.78, 5) is 22.5. The van der Waals surface area contributed by atoms with Gasteiger partial charge in [-0.15, -0.1) is 0 Å². The van der Waals surface area contributed by atoms with E-state index in [4.69, 9.17) is 39.5 Å². The second kappa shape index (κ2) is 5.43. The summed E-state index contributed by atoms with van der Waals surface area (Å²) >= 11 is 17.8. The summed E-state index contributed by atoms with van der Waals surface area (Å²) in [5, 5.41) is 0. The Balaban J connectivity index is 2.60. The normalized spacial score (nSPS) is 25.1. The molecule has 7 heteroatoms. The van der Waals surface area contributed by atoms with E-state index in [1.54, 1.807) is 24.3 Å². The molecule has 0 fully saturated rings. The maximum atomic E-state index is 12.3. The summed E-state index contributed by atoms with van der Waals surface area (Å²) in [6.45, 7) is 2.87. The van der Waals surface area contributed by atoms with Crippen molar-refractivity contribution in [2.45, 2.75) is 29.8 Å². The molecule has 2 rings (SSSR count). The molecule has 0 aliphatic carbocycles. The predicted molar refractivity (Wildman–Crippen MR) is 78.8 cm³/mol. The van der Waals surface area contributed by atoms with Crippen LogP contribution < -0.4 is 9.64 Å². The minimum Gasteiger partial charge on any atom is -0.477 e. The summed E-state index contributed by atoms with van der Waals surface area (Å²) < 4.78 is 5.61. The molecule has 1 aliphatic heterocycles. The second-order valence-corrected chi connectivity index (χ2v) is 6.44. The Morgan fingerprint density at radius 3 is 2.50 bits per heavy atom. The smallest absolute Gasteiger partial charge is 0.262 e. The number of nitrogens with zero attached hydrogens (tertiary/aromatic N) is 1. The number of alkyl halides is 3. The topological polar surface area (TPSA) is 46.6 Å². The first-order chi connectivity index (χ1) is 9.26. The van der Waals surface area contributed by atoms with Gasteiger partial charge in [0.25, 0.3) is 5.91 Å². The van der Waals surface area contributed by atoms with Gasteiger partial charge in [-0.2, -0.15) is 0 Å². The van der Waals surface area contributed by atoms with Crippen LogP contribution in [0.2, 0.25) is 0 Å². The van der Waals surface area contributed by atoms with Crippen LogP contribution in [0.3, 0.4) is 0 Å². The van der Waals surface area contributed by atoms with Crippen molar-refractivity contribution in [3.63, 3.8) is 0 Å². The Hall–Kier alpha value is -0.970. The lowest BCUT2D eigenvalue weighted by Gasteiger charge is -2.45. The fourth-order valence-electron chi connectivity index (χ4n) is 2.21. The molecule has 1 aromatic rings. The van der Waals surface area contributed by atoms with Crippen molar-refractivity contribution >= 4 is 52.2 Å². The van der Waals surface area contributed by atoms with Crippen LogP contribution in [-0.4, -0.2) is 27.6 Å². The minimum atomic E-state index is -1.40. The monoisotopic (exact) mass is 335 g/mol. The molecular weight excluding hydrogens is 325 g/mol. The van der Waals surface area contributed by atoms with Crippen molar-refractivity contribution in [3.05, 3.63) is 24.3 Å². The summed E-state index contributed by atoms with van der Waals surface area (Å²) in [6.07, 6.45) is -1.00. The van der Waals surface area contributed by atoms with Gasteiger partial charge in [0, 0.05) is 0 Å². The van der Waals surface area contributed by atoms with E-state index in [1.165, 1.54) is 18.7 Å². The molecule has 2 atom stereocenters. The van der Waals surface area contributed by atoms with Crippen LogP contribution in [0.4, 0.5) is 5.69 Å². The zero-order chi connectivity index (χ0) is 15.1. The number of ether oxygens (including phenoxy) is 1. The molecule has 0 aromatic heterocycles. The lowest BCUT2D eigenvalue weighted by Crippen LogP contribution is -2.61. The molecule has 1 amide bonds. The van der Waals surface area contributed by atoms with Gasteiger partial charge in [-0.1, -0.05) is 46.9 Å². The van der Waals surface area contributed by atoms with Crippen LogP contribution in [0.15, 0.2) is 24.3 Å². The molecule has 1 aliphatic rings. The quantitative estimate of drug-likeness (QED) is 0.616. The number of hydrogen-bond acceptors (Lipinski definition) is 3. The first-order valence-corrected chi connectivity index (χ1v) is 7.09. The van der Waals surface area contributed by atoms with Crippen molar-refractivity contribution in [3.8, 4) is 5.75 Å². The number of amides is 1. The molecule has 108 valence electrons. The number of rotatable bonds is 2. The number of para-hydroxylation sites is 2. The zero-order valence-corrected chi connectivity index (χ0v) is 13.0. The van der Waals surface area contributed by atoms with E-state index in [9.17, 15) is 9.59 Å². The Morgan fingerprint density at radius 2 is 1.95 bits per heavy atom. The maximum Gasteiger partial charge on any atom is 0.262 e. The van der Waals surface area contributed by atoms with Crippen LogP contribution in [-0.2, 0) is 9.59 Å². The molecule has 1 heterocycles. The highest BCUT2D eigenvalue weighted by Crippen LogP contribution is 2.44. The molecule has 1 aromatic carbocycles. The number of benzene rings is 1. The molecule has 2 unspecified atom stereocenters. The van der Waals surface area contributed by atoms with Crippen LogP contribution in [0.5, 0.6) is 5.75 Å². The Bertz CT molecular complexity index is 560. The third-order valence-corrected chi connectivity index (χ3v) is 3.78. The SMILES string of the molecule is CC(=O)C1Oc2ccccc2N(C(=O)C(Cl)Cl)C1(C)Cl. The molecule has 0 radical (unpaired) electrons. The Kier molecular flexibility index (Phi) is 4.19. The fourth-order valence-corrected chi connectivity index (χ4v) is 2.78. The first-order valence-electron chi connectivity index (χ1n) is 5.84. The number of Topliss-reactive ketones (excluding diaryl/α,β-unsaturated/α-hetero) is 1. The molecule has 0 N–H and O–H groups in total. The van der Waals surface area contributed by atoms with Crippen LogP contribution in [0, 0.1) is 0 Å². The lowest BCUT2D eigenvalue weighted by molar-refractivity contribution is -0.126. The third-order valence-electron chi connectivity index (χ3n) is 3.04. The van der Waals surface area contributed by atoms with Gasteiger partial charge in [0.05, 0.1) is 5.69 Å². The standard InChI is InChI=1S/C13H12Cl3NO3/c1-7(18)10-13(2,16)17(12(19)11(14)15)8-5-3-4-6-9(8)20-10/h3-6,10-11H,1-2H3. The molecule has 0 spiro atoms. The van der Waals surface area contributed by atoms with Crippen LogP contribution in [0.25, 0.3) is 0 Å². The van der Waals surface area contributed by atoms with Gasteiger partial charge in [0.2, 0.25) is 0 Å². The van der Waals surface area contributed by atoms with E-state index in [2.05, 4.69) is 0 Å². The van der Waals surface area contributed by atoms with Crippen LogP contribution >= 0.6 is 34.8 Å². The molecule has 0 saturated carbocycles. The molecule has 4 nitrogen and oxygen atoms in total. The first kappa shape index (κ1) is 15.4. The van der Waals surface area contributed by atoms with Crippen LogP contribution in [0.1, 0.15) is 13.8 Å². The number of ketones is 1. The van der Waals surface area contributed by atoms with Gasteiger partial charge >= 0.3 is 0 Å². The van der Waals surface area contributed by atoms with Gasteiger partial charge in [0.1, 0.15) is 5.75 Å². The predicted octanol–water partition coefficient (Wildman–Crippen LogP) is 3.13. The van der Waals surface area contributed by atoms with Gasteiger partial charge in [-0.05, 0) is 26.0 Å². The van der Waals surface area contributed by atoms with Gasteiger partial charge in [-0.25, -0.2) is 0 Å². The number of halogens is 3. The third kappa shape index (κ3) is 2.48. The van der Waals surface area contributed by atoms with Crippen molar-refractivity contribution in [1.82, 2.24) is 0 Å². The van der Waals surface area contributed by atoms with E-state index in [-0.39, 0.29) is 5.78 Å². The summed E-state index contributed by atoms with van der Waals surface area (Å²) in [7, 11) is 0. The number of carbonyl (C=O) groups is 2. The van der Waals surface area contributed by atoms with Crippen molar-refractivity contribution < 1.29 is 14.3 Å².